The molecule has 0 unspecified atom stereocenters. The van der Waals surface area contributed by atoms with Gasteiger partial charge in [-0.05, 0) is 24.3 Å². The Morgan fingerprint density at radius 1 is 1.46 bits per heavy atom. The minimum absolute atomic E-state index is 0.354. The normalized spacial score (nSPS) is 9.38. The first kappa shape index (κ1) is 9.38. The molecular weight excluding hydrogens is 173 g/mol. The number of nitrogens with zero attached hydrogens (tertiary/aromatic N) is 1. The van der Waals surface area contributed by atoms with E-state index in [4.69, 9.17) is 0 Å². The van der Waals surface area contributed by atoms with Crippen molar-refractivity contribution >= 4 is 12.7 Å². The first-order chi connectivity index (χ1) is 6.15. The van der Waals surface area contributed by atoms with Crippen molar-refractivity contribution in [1.29, 1.82) is 0 Å². The van der Waals surface area contributed by atoms with Gasteiger partial charge in [0.05, 0.1) is 7.05 Å². The fourth-order valence-electron chi connectivity index (χ4n) is 0.833. The molecule has 0 saturated carbocycles. The van der Waals surface area contributed by atoms with Crippen LogP contribution in [0.2, 0.25) is 0 Å². The lowest BCUT2D eigenvalue weighted by molar-refractivity contribution is -0.605. The number of rotatable bonds is 2. The van der Waals surface area contributed by atoms with E-state index in [1.807, 2.05) is 0 Å². The molecule has 0 bridgehead atoms. The molecule has 0 saturated heterocycles. The molecule has 0 aromatic heterocycles. The third-order valence-corrected chi connectivity index (χ3v) is 1.57. The predicted molar refractivity (Wildman–Crippen MR) is 45.6 cm³/mol. The van der Waals surface area contributed by atoms with Gasteiger partial charge < -0.3 is 0 Å². The van der Waals surface area contributed by atoms with E-state index in [0.717, 1.165) is 5.06 Å². The van der Waals surface area contributed by atoms with E-state index in [9.17, 15) is 9.18 Å². The maximum Gasteiger partial charge on any atom is 0.336 e. The Labute approximate surface area is 75.0 Å². The molecule has 1 aromatic rings. The van der Waals surface area contributed by atoms with Gasteiger partial charge in [-0.2, -0.15) is 0 Å². The Bertz CT molecular complexity index is 321. The van der Waals surface area contributed by atoms with Gasteiger partial charge in [0, 0.05) is 10.6 Å². The van der Waals surface area contributed by atoms with Crippen LogP contribution in [0.25, 0.3) is 0 Å². The van der Waals surface area contributed by atoms with Crippen LogP contribution in [-0.2, 0) is 4.53 Å². The fraction of sp³-hybridized carbons (Fsp3) is 0.111. The van der Waals surface area contributed by atoms with Gasteiger partial charge in [0.1, 0.15) is 5.82 Å². The number of amides is 1. The van der Waals surface area contributed by atoms with Gasteiger partial charge in [0.25, 0.3) is 0 Å². The van der Waals surface area contributed by atoms with Crippen LogP contribution in [0.1, 0.15) is 10.4 Å². The molecule has 0 radical (unpaired) electrons. The van der Waals surface area contributed by atoms with Crippen LogP contribution in [0.4, 0.5) is 4.39 Å². The molecule has 0 fully saturated rings. The molecule has 0 spiro atoms. The Morgan fingerprint density at radius 3 is 2.46 bits per heavy atom. The average Bonchev–Trinajstić information content (AvgIpc) is 2.17. The van der Waals surface area contributed by atoms with Crippen LogP contribution in [0.3, 0.4) is 0 Å². The van der Waals surface area contributed by atoms with Crippen LogP contribution < -0.4 is 0 Å². The number of benzene rings is 1. The van der Waals surface area contributed by atoms with Crippen molar-refractivity contribution in [1.82, 2.24) is 5.06 Å². The topological polar surface area (TPSA) is 31.6 Å². The van der Waals surface area contributed by atoms with Crippen LogP contribution >= 0.6 is 0 Å². The number of carbonyl (C=O) groups excluding carboxylic acids is 2. The highest BCUT2D eigenvalue weighted by molar-refractivity contribution is 5.93. The van der Waals surface area contributed by atoms with Gasteiger partial charge in [-0.15, -0.1) is 4.53 Å². The largest absolute Gasteiger partial charge is 0.336 e. The standard InChI is InChI=1S/C9H9FNO2/c1-11(13-2)9(12)7-3-5-8(10)6-4-7/h3-6H,2H2,1H3/q+1. The van der Waals surface area contributed by atoms with E-state index < -0.39 is 0 Å². The lowest BCUT2D eigenvalue weighted by Gasteiger charge is -1.99. The number of hydrogen-bond acceptors (Lipinski definition) is 1. The van der Waals surface area contributed by atoms with E-state index in [-0.39, 0.29) is 11.7 Å². The Morgan fingerprint density at radius 2 is 2.00 bits per heavy atom. The van der Waals surface area contributed by atoms with Gasteiger partial charge >= 0.3 is 12.7 Å². The summed E-state index contributed by atoms with van der Waals surface area (Å²) in [6.45, 7) is 3.08. The highest BCUT2D eigenvalue weighted by atomic mass is 19.1. The van der Waals surface area contributed by atoms with E-state index in [1.54, 1.807) is 0 Å². The third kappa shape index (κ3) is 2.11. The van der Waals surface area contributed by atoms with E-state index in [2.05, 4.69) is 11.3 Å². The smallest absolute Gasteiger partial charge is 0.260 e. The summed E-state index contributed by atoms with van der Waals surface area (Å²) in [7, 11) is 1.43. The molecule has 0 heterocycles. The van der Waals surface area contributed by atoms with Crippen LogP contribution in [0.15, 0.2) is 24.3 Å². The molecule has 3 nitrogen and oxygen atoms in total. The molecule has 0 N–H and O–H groups in total. The summed E-state index contributed by atoms with van der Waals surface area (Å²) < 4.78 is 16.9. The van der Waals surface area contributed by atoms with Crippen molar-refractivity contribution in [3.8, 4) is 0 Å². The average molecular weight is 182 g/mol. The second-order valence-electron chi connectivity index (χ2n) is 2.44. The summed E-state index contributed by atoms with van der Waals surface area (Å²) in [4.78, 5) is 11.3. The zero-order valence-corrected chi connectivity index (χ0v) is 7.16. The molecular formula is C9H9FNO2+. The fourth-order valence-corrected chi connectivity index (χ4v) is 0.833. The lowest BCUT2D eigenvalue weighted by Crippen LogP contribution is -2.23. The van der Waals surface area contributed by atoms with Crippen LogP contribution in [0, 0.1) is 5.82 Å². The van der Waals surface area contributed by atoms with Crippen molar-refractivity contribution < 1.29 is 13.7 Å². The minimum atomic E-state index is -0.380. The van der Waals surface area contributed by atoms with Crippen molar-refractivity contribution in [2.45, 2.75) is 0 Å². The Kier molecular flexibility index (Phi) is 2.74. The Hall–Kier alpha value is -1.71. The minimum Gasteiger partial charge on any atom is -0.260 e. The Balaban J connectivity index is 2.89. The first-order valence-corrected chi connectivity index (χ1v) is 3.61. The highest BCUT2D eigenvalue weighted by Crippen LogP contribution is 2.04. The molecule has 0 atom stereocenters. The molecule has 13 heavy (non-hydrogen) atoms. The summed E-state index contributed by atoms with van der Waals surface area (Å²) in [6.07, 6.45) is 0. The van der Waals surface area contributed by atoms with Crippen LogP contribution in [-0.4, -0.2) is 24.8 Å². The third-order valence-electron chi connectivity index (χ3n) is 1.57. The molecule has 0 aliphatic rings. The van der Waals surface area contributed by atoms with Gasteiger partial charge in [0.2, 0.25) is 0 Å². The zero-order chi connectivity index (χ0) is 9.84. The molecule has 1 amide bonds. The molecule has 4 heteroatoms. The van der Waals surface area contributed by atoms with Gasteiger partial charge in [-0.25, -0.2) is 4.39 Å². The maximum atomic E-state index is 12.5. The van der Waals surface area contributed by atoms with Crippen molar-refractivity contribution in [2.75, 3.05) is 7.05 Å². The van der Waals surface area contributed by atoms with E-state index in [0.29, 0.717) is 5.56 Å². The second-order valence-corrected chi connectivity index (χ2v) is 2.44. The highest BCUT2D eigenvalue weighted by Gasteiger charge is 2.16. The number of halogens is 1. The second kappa shape index (κ2) is 3.80. The zero-order valence-electron chi connectivity index (χ0n) is 7.16. The van der Waals surface area contributed by atoms with Crippen LogP contribution in [0.5, 0.6) is 0 Å². The van der Waals surface area contributed by atoms with E-state index in [1.165, 1.54) is 31.3 Å². The molecule has 1 rings (SSSR count). The molecule has 0 aliphatic heterocycles. The lowest BCUT2D eigenvalue weighted by atomic mass is 10.2. The number of carbonyl (C=O) groups is 1. The summed E-state index contributed by atoms with van der Waals surface area (Å²) >= 11 is 0. The maximum absolute atomic E-state index is 12.5. The first-order valence-electron chi connectivity index (χ1n) is 3.61. The number of hydrogen-bond donors (Lipinski definition) is 0. The van der Waals surface area contributed by atoms with Gasteiger partial charge in [-0.3, -0.25) is 4.79 Å². The molecule has 0 aliphatic carbocycles. The quantitative estimate of drug-likeness (QED) is 0.499. The van der Waals surface area contributed by atoms with Crippen molar-refractivity contribution in [3.63, 3.8) is 0 Å². The monoisotopic (exact) mass is 182 g/mol. The number of hydroxylamine groups is 2. The predicted octanol–water partition coefficient (Wildman–Crippen LogP) is 1.18. The van der Waals surface area contributed by atoms with Crippen molar-refractivity contribution in [2.24, 2.45) is 0 Å². The van der Waals surface area contributed by atoms with E-state index >= 15 is 0 Å². The molecule has 1 aromatic carbocycles. The van der Waals surface area contributed by atoms with Gasteiger partial charge in [0.15, 0.2) is 0 Å². The molecule has 68 valence electrons. The summed E-state index contributed by atoms with van der Waals surface area (Å²) in [5, 5.41) is 0.966. The summed E-state index contributed by atoms with van der Waals surface area (Å²) in [5.74, 6) is -0.746. The SMILES string of the molecule is C=[O+]N(C)C(=O)c1ccc(F)cc1. The summed E-state index contributed by atoms with van der Waals surface area (Å²) in [5.41, 5.74) is 0.354. The van der Waals surface area contributed by atoms with Crippen molar-refractivity contribution in [3.05, 3.63) is 35.6 Å². The summed E-state index contributed by atoms with van der Waals surface area (Å²) in [6, 6.07) is 5.19. The van der Waals surface area contributed by atoms with Gasteiger partial charge in [-0.1, -0.05) is 0 Å².